The Morgan fingerprint density at radius 3 is 2.85 bits per heavy atom. The normalized spacial score (nSPS) is 18.4. The van der Waals surface area contributed by atoms with Gasteiger partial charge < -0.3 is 20.5 Å². The summed E-state index contributed by atoms with van der Waals surface area (Å²) >= 11 is 0. The molecule has 0 amide bonds. The third kappa shape index (κ3) is 7.27. The molecule has 1 atom stereocenters. The van der Waals surface area contributed by atoms with Crippen LogP contribution >= 0.6 is 0 Å². The average molecular weight is 364 g/mol. The van der Waals surface area contributed by atoms with Crippen molar-refractivity contribution in [1.29, 1.82) is 0 Å². The van der Waals surface area contributed by atoms with Crippen LogP contribution in [0, 0.1) is 6.92 Å². The highest BCUT2D eigenvalue weighted by molar-refractivity contribution is 5.79. The molecule has 0 aliphatic carbocycles. The molecule has 1 aliphatic heterocycles. The molecule has 26 heavy (non-hydrogen) atoms. The van der Waals surface area contributed by atoms with Crippen LogP contribution in [0.3, 0.4) is 0 Å². The summed E-state index contributed by atoms with van der Waals surface area (Å²) in [6, 6.07) is 2.05. The summed E-state index contributed by atoms with van der Waals surface area (Å²) in [4.78, 5) is 10.9. The van der Waals surface area contributed by atoms with E-state index in [1.807, 2.05) is 32.3 Å². The van der Waals surface area contributed by atoms with E-state index in [2.05, 4.69) is 32.4 Å². The second-order valence-electron chi connectivity index (χ2n) is 7.06. The molecule has 1 aromatic rings. The molecule has 7 heteroatoms. The second kappa shape index (κ2) is 10.4. The maximum absolute atomic E-state index is 10.7. The molecule has 1 fully saturated rings. The Labute approximate surface area is 156 Å². The van der Waals surface area contributed by atoms with Gasteiger partial charge in [0.2, 0.25) is 0 Å². The molecule has 0 saturated carbocycles. The number of nitrogens with one attached hydrogen (secondary N) is 2. The summed E-state index contributed by atoms with van der Waals surface area (Å²) in [6.07, 6.45) is 4.62. The van der Waals surface area contributed by atoms with Gasteiger partial charge in [-0.1, -0.05) is 0 Å². The van der Waals surface area contributed by atoms with Gasteiger partial charge in [0, 0.05) is 45.1 Å². The van der Waals surface area contributed by atoms with E-state index in [1.165, 1.54) is 11.1 Å². The van der Waals surface area contributed by atoms with E-state index in [1.54, 1.807) is 0 Å². The first-order valence-corrected chi connectivity index (χ1v) is 9.44. The highest BCUT2D eigenvalue weighted by atomic mass is 16.5. The Bertz CT molecular complexity index is 571. The van der Waals surface area contributed by atoms with Crippen molar-refractivity contribution in [3.8, 4) is 0 Å². The Balaban J connectivity index is 1.83. The minimum Gasteiger partial charge on any atom is -0.387 e. The van der Waals surface area contributed by atoms with Crippen molar-refractivity contribution in [2.75, 3.05) is 52.5 Å². The summed E-state index contributed by atoms with van der Waals surface area (Å²) in [5.41, 5.74) is 1.62. The van der Waals surface area contributed by atoms with Crippen molar-refractivity contribution in [3.63, 3.8) is 0 Å². The Kier molecular flexibility index (Phi) is 8.28. The molecule has 3 N–H and O–H groups in total. The van der Waals surface area contributed by atoms with Crippen molar-refractivity contribution < 1.29 is 9.84 Å². The molecule has 2 rings (SSSR count). The molecule has 0 spiro atoms. The van der Waals surface area contributed by atoms with E-state index in [-0.39, 0.29) is 0 Å². The number of rotatable bonds is 8. The van der Waals surface area contributed by atoms with Crippen LogP contribution in [0.25, 0.3) is 0 Å². The summed E-state index contributed by atoms with van der Waals surface area (Å²) in [5, 5.41) is 17.3. The number of β-amino-alcohol motifs (C(OH)–C–C–N with tert-alkyl or cyclic N) is 1. The Hall–Kier alpha value is -1.70. The lowest BCUT2D eigenvalue weighted by Crippen LogP contribution is -2.48. The molecular formula is C19H33N5O2. The smallest absolute Gasteiger partial charge is 0.191 e. The van der Waals surface area contributed by atoms with Gasteiger partial charge in [-0.3, -0.25) is 14.9 Å². The number of morpholine rings is 1. The highest BCUT2D eigenvalue weighted by Gasteiger charge is 2.25. The summed E-state index contributed by atoms with van der Waals surface area (Å²) in [6.45, 7) is 11.7. The molecule has 0 radical (unpaired) electrons. The van der Waals surface area contributed by atoms with Crippen molar-refractivity contribution >= 4 is 5.96 Å². The Morgan fingerprint density at radius 1 is 1.38 bits per heavy atom. The molecule has 146 valence electrons. The standard InChI is InChI=1S/C19H33N5O2/c1-4-21-18(22-8-6-17-5-7-20-13-16(17)2)23-14-19(3,25)15-24-9-11-26-12-10-24/h5,7,13,25H,4,6,8-12,14-15H2,1-3H3,(H2,21,22,23). The lowest BCUT2D eigenvalue weighted by Gasteiger charge is -2.33. The maximum atomic E-state index is 10.7. The van der Waals surface area contributed by atoms with Crippen molar-refractivity contribution in [1.82, 2.24) is 20.5 Å². The van der Waals surface area contributed by atoms with Crippen LogP contribution in [0.4, 0.5) is 0 Å². The molecule has 1 saturated heterocycles. The fraction of sp³-hybridized carbons (Fsp3) is 0.684. The number of aliphatic imine (C=N–C) groups is 1. The predicted molar refractivity (Wildman–Crippen MR) is 105 cm³/mol. The lowest BCUT2D eigenvalue weighted by molar-refractivity contribution is -0.0179. The summed E-state index contributed by atoms with van der Waals surface area (Å²) in [5.74, 6) is 0.737. The van der Waals surface area contributed by atoms with Gasteiger partial charge in [-0.15, -0.1) is 0 Å². The number of nitrogens with zero attached hydrogens (tertiary/aromatic N) is 3. The first kappa shape index (κ1) is 20.6. The van der Waals surface area contributed by atoms with Gasteiger partial charge in [0.25, 0.3) is 0 Å². The van der Waals surface area contributed by atoms with Crippen LogP contribution in [0.1, 0.15) is 25.0 Å². The van der Waals surface area contributed by atoms with Crippen molar-refractivity contribution in [3.05, 3.63) is 29.6 Å². The van der Waals surface area contributed by atoms with Crippen LogP contribution in [0.15, 0.2) is 23.5 Å². The number of aliphatic hydroxyl groups is 1. The quantitative estimate of drug-likeness (QED) is 0.463. The summed E-state index contributed by atoms with van der Waals surface area (Å²) in [7, 11) is 0. The number of hydrogen-bond acceptors (Lipinski definition) is 5. The number of guanidine groups is 1. The average Bonchev–Trinajstić information content (AvgIpc) is 2.62. The molecule has 7 nitrogen and oxygen atoms in total. The van der Waals surface area contributed by atoms with E-state index < -0.39 is 5.60 Å². The number of ether oxygens (including phenoxy) is 1. The zero-order valence-electron chi connectivity index (χ0n) is 16.3. The van der Waals surface area contributed by atoms with E-state index in [0.717, 1.165) is 51.8 Å². The van der Waals surface area contributed by atoms with E-state index in [9.17, 15) is 5.11 Å². The van der Waals surface area contributed by atoms with E-state index in [4.69, 9.17) is 4.74 Å². The predicted octanol–water partition coefficient (Wildman–Crippen LogP) is 0.571. The Morgan fingerprint density at radius 2 is 2.15 bits per heavy atom. The van der Waals surface area contributed by atoms with Crippen LogP contribution < -0.4 is 10.6 Å². The van der Waals surface area contributed by atoms with Gasteiger partial charge in [-0.25, -0.2) is 0 Å². The number of aryl methyl sites for hydroxylation is 1. The van der Waals surface area contributed by atoms with Crippen LogP contribution in [0.2, 0.25) is 0 Å². The van der Waals surface area contributed by atoms with Crippen LogP contribution in [0.5, 0.6) is 0 Å². The largest absolute Gasteiger partial charge is 0.387 e. The number of aromatic nitrogens is 1. The van der Waals surface area contributed by atoms with Gasteiger partial charge in [-0.05, 0) is 44.4 Å². The van der Waals surface area contributed by atoms with Gasteiger partial charge in [-0.2, -0.15) is 0 Å². The second-order valence-corrected chi connectivity index (χ2v) is 7.06. The molecule has 1 aromatic heterocycles. The highest BCUT2D eigenvalue weighted by Crippen LogP contribution is 2.09. The first-order chi connectivity index (χ1) is 12.5. The van der Waals surface area contributed by atoms with E-state index in [0.29, 0.717) is 13.1 Å². The summed E-state index contributed by atoms with van der Waals surface area (Å²) < 4.78 is 5.36. The first-order valence-electron chi connectivity index (χ1n) is 9.44. The molecular weight excluding hydrogens is 330 g/mol. The minimum atomic E-state index is -0.860. The fourth-order valence-electron chi connectivity index (χ4n) is 2.98. The third-order valence-electron chi connectivity index (χ3n) is 4.41. The third-order valence-corrected chi connectivity index (χ3v) is 4.41. The molecule has 1 aliphatic rings. The van der Waals surface area contributed by atoms with Gasteiger partial charge in [0.1, 0.15) is 0 Å². The fourth-order valence-corrected chi connectivity index (χ4v) is 2.98. The molecule has 0 aromatic carbocycles. The van der Waals surface area contributed by atoms with Crippen molar-refractivity contribution in [2.24, 2.45) is 4.99 Å². The zero-order valence-corrected chi connectivity index (χ0v) is 16.3. The van der Waals surface area contributed by atoms with Gasteiger partial charge in [0.05, 0.1) is 25.4 Å². The van der Waals surface area contributed by atoms with Gasteiger partial charge >= 0.3 is 0 Å². The zero-order chi connectivity index (χ0) is 18.8. The maximum Gasteiger partial charge on any atom is 0.191 e. The van der Waals surface area contributed by atoms with Crippen molar-refractivity contribution in [2.45, 2.75) is 32.8 Å². The number of pyridine rings is 1. The van der Waals surface area contributed by atoms with E-state index >= 15 is 0 Å². The monoisotopic (exact) mass is 363 g/mol. The van der Waals surface area contributed by atoms with Gasteiger partial charge in [0.15, 0.2) is 5.96 Å². The van der Waals surface area contributed by atoms with Crippen LogP contribution in [-0.2, 0) is 11.2 Å². The molecule has 0 bridgehead atoms. The lowest BCUT2D eigenvalue weighted by atomic mass is 10.1. The molecule has 1 unspecified atom stereocenters. The SMILES string of the molecule is CCNC(=NCC(C)(O)CN1CCOCC1)NCCc1ccncc1C. The minimum absolute atomic E-state index is 0.355. The molecule has 2 heterocycles. The number of hydrogen-bond donors (Lipinski definition) is 3. The van der Waals surface area contributed by atoms with Crippen LogP contribution in [-0.4, -0.2) is 79.0 Å². The topological polar surface area (TPSA) is 82.0 Å².